The largest absolute Gasteiger partial charge is 0.405 e. The maximum atomic E-state index is 13.1. The van der Waals surface area contributed by atoms with Crippen LogP contribution < -0.4 is 16.4 Å². The number of pyridine rings is 1. The van der Waals surface area contributed by atoms with Gasteiger partial charge in [0, 0.05) is 35.5 Å². The van der Waals surface area contributed by atoms with Crippen molar-refractivity contribution in [1.29, 1.82) is 0 Å². The van der Waals surface area contributed by atoms with Gasteiger partial charge >= 0.3 is 0 Å². The van der Waals surface area contributed by atoms with E-state index in [-0.39, 0.29) is 29.5 Å². The van der Waals surface area contributed by atoms with Gasteiger partial charge in [-0.1, -0.05) is 44.0 Å². The highest BCUT2D eigenvalue weighted by atomic mass is 19.1. The van der Waals surface area contributed by atoms with E-state index < -0.39 is 0 Å². The molecule has 0 aliphatic rings. The number of aromatic nitrogens is 1. The summed E-state index contributed by atoms with van der Waals surface area (Å²) in [5, 5.41) is 6.59. The van der Waals surface area contributed by atoms with Gasteiger partial charge in [-0.15, -0.1) is 0 Å². The topological polar surface area (TPSA) is 97.1 Å². The molecule has 3 rings (SSSR count). The number of carbonyl (C=O) groups excluding carboxylic acids is 2. The molecule has 0 saturated carbocycles. The second kappa shape index (κ2) is 18.5. The Morgan fingerprint density at radius 1 is 0.976 bits per heavy atom. The molecule has 2 aromatic carbocycles. The number of halogens is 1. The average Bonchev–Trinajstić information content (AvgIpc) is 2.97. The quantitative estimate of drug-likeness (QED) is 0.152. The Morgan fingerprint density at radius 3 is 2.29 bits per heavy atom. The fraction of sp³-hybridized carbons (Fsp3) is 0.382. The van der Waals surface area contributed by atoms with Gasteiger partial charge in [-0.3, -0.25) is 14.6 Å². The third-order valence-corrected chi connectivity index (χ3v) is 6.84. The zero-order valence-electron chi connectivity index (χ0n) is 24.8. The van der Waals surface area contributed by atoms with Crippen LogP contribution in [0.4, 0.5) is 4.39 Å². The van der Waals surface area contributed by atoms with Gasteiger partial charge in [-0.2, -0.15) is 0 Å². The number of nitrogens with two attached hydrogens (primary N) is 1. The lowest BCUT2D eigenvalue weighted by Gasteiger charge is -2.20. The number of nitrogens with one attached hydrogen (secondary N) is 2. The van der Waals surface area contributed by atoms with Gasteiger partial charge in [0.15, 0.2) is 5.78 Å². The molecule has 2 atom stereocenters. The van der Waals surface area contributed by atoms with E-state index in [1.807, 2.05) is 57.3 Å². The summed E-state index contributed by atoms with van der Waals surface area (Å²) in [5.74, 6) is -0.471. The van der Waals surface area contributed by atoms with Crippen LogP contribution in [-0.2, 0) is 0 Å². The summed E-state index contributed by atoms with van der Waals surface area (Å²) in [7, 11) is 0. The van der Waals surface area contributed by atoms with Crippen molar-refractivity contribution in [3.05, 3.63) is 107 Å². The van der Waals surface area contributed by atoms with Gasteiger partial charge in [0.05, 0.1) is 0 Å². The van der Waals surface area contributed by atoms with Crippen molar-refractivity contribution < 1.29 is 14.0 Å². The maximum absolute atomic E-state index is 13.1. The first-order valence-electron chi connectivity index (χ1n) is 14.5. The second-order valence-electron chi connectivity index (χ2n) is 10.2. The molecule has 0 aliphatic carbocycles. The molecule has 1 amide bonds. The smallest absolute Gasteiger partial charge is 0.252 e. The Balaban J connectivity index is 0.000000729. The Hall–Kier alpha value is -3.84. The lowest BCUT2D eigenvalue weighted by Crippen LogP contribution is -2.37. The monoisotopic (exact) mass is 560 g/mol. The van der Waals surface area contributed by atoms with E-state index in [1.54, 1.807) is 24.4 Å². The standard InChI is InChI=1S/C28H38FN3O2.C6H7N/c1-4-6-25(32-28(34)26-19-20(3)7-8-22(26)13-16-30)15-18-31-17-14-21(5-2)27(33)23-9-11-24(29)12-10-23;1-6-3-2-4-7-5-6/h7-13,16,19,21,25,31H,4-6,14-15,17-18,30H2,1-3H3,(H,32,34);2-5H,1H3/b16-13-;/t21?,25-;/m0./s1. The predicted octanol–water partition coefficient (Wildman–Crippen LogP) is 6.63. The van der Waals surface area contributed by atoms with Crippen molar-refractivity contribution in [3.8, 4) is 0 Å². The minimum absolute atomic E-state index is 0.0564. The molecule has 4 N–H and O–H groups in total. The van der Waals surface area contributed by atoms with Crippen LogP contribution >= 0.6 is 0 Å². The minimum atomic E-state index is -0.338. The predicted molar refractivity (Wildman–Crippen MR) is 166 cm³/mol. The molecule has 0 fully saturated rings. The van der Waals surface area contributed by atoms with E-state index >= 15 is 0 Å². The molecule has 6 nitrogen and oxygen atoms in total. The number of hydrogen-bond donors (Lipinski definition) is 3. The van der Waals surface area contributed by atoms with Crippen LogP contribution in [0.3, 0.4) is 0 Å². The van der Waals surface area contributed by atoms with Crippen molar-refractivity contribution in [2.45, 2.75) is 65.8 Å². The lowest BCUT2D eigenvalue weighted by atomic mass is 9.92. The molecular weight excluding hydrogens is 515 g/mol. The van der Waals surface area contributed by atoms with Crippen molar-refractivity contribution in [1.82, 2.24) is 15.6 Å². The van der Waals surface area contributed by atoms with Gasteiger partial charge in [0.2, 0.25) is 0 Å². The fourth-order valence-electron chi connectivity index (χ4n) is 4.51. The van der Waals surface area contributed by atoms with E-state index in [1.165, 1.54) is 23.9 Å². The second-order valence-corrected chi connectivity index (χ2v) is 10.2. The first-order valence-corrected chi connectivity index (χ1v) is 14.5. The van der Waals surface area contributed by atoms with Crippen LogP contribution in [-0.4, -0.2) is 35.8 Å². The summed E-state index contributed by atoms with van der Waals surface area (Å²) in [6.45, 7) is 9.54. The number of hydrogen-bond acceptors (Lipinski definition) is 5. The number of ketones is 1. The summed E-state index contributed by atoms with van der Waals surface area (Å²) < 4.78 is 13.1. The van der Waals surface area contributed by atoms with Crippen LogP contribution in [0.2, 0.25) is 0 Å². The van der Waals surface area contributed by atoms with Crippen molar-refractivity contribution in [3.63, 3.8) is 0 Å². The SMILES string of the molecule is CCC[C@@H](CCNCCC(CC)C(=O)c1ccc(F)cc1)NC(=O)c1cc(C)ccc1/C=C\N.Cc1cccnc1. The summed E-state index contributed by atoms with van der Waals surface area (Å²) in [5.41, 5.74) is 9.76. The number of rotatable bonds is 14. The number of Topliss-reactive ketones (excluding diaryl/α,β-unsaturated/α-hetero) is 1. The minimum Gasteiger partial charge on any atom is -0.405 e. The molecule has 220 valence electrons. The highest BCUT2D eigenvalue weighted by Gasteiger charge is 2.19. The molecule has 0 radical (unpaired) electrons. The molecule has 7 heteroatoms. The van der Waals surface area contributed by atoms with Crippen LogP contribution in [0, 0.1) is 25.6 Å². The van der Waals surface area contributed by atoms with E-state index in [0.29, 0.717) is 17.7 Å². The van der Waals surface area contributed by atoms with Crippen molar-refractivity contribution in [2.75, 3.05) is 13.1 Å². The number of carbonyl (C=O) groups is 2. The summed E-state index contributed by atoms with van der Waals surface area (Å²) in [6.07, 6.45) is 10.9. The molecular formula is C34H45FN4O2. The van der Waals surface area contributed by atoms with Gasteiger partial charge in [0.25, 0.3) is 5.91 Å². The molecule has 41 heavy (non-hydrogen) atoms. The molecule has 1 heterocycles. The fourth-order valence-corrected chi connectivity index (χ4v) is 4.51. The zero-order chi connectivity index (χ0) is 30.0. The lowest BCUT2D eigenvalue weighted by molar-refractivity contribution is 0.0905. The summed E-state index contributed by atoms with van der Waals surface area (Å²) >= 11 is 0. The number of nitrogens with zero attached hydrogens (tertiary/aromatic N) is 1. The first kappa shape index (κ1) is 33.4. The molecule has 1 aromatic heterocycles. The van der Waals surface area contributed by atoms with Gasteiger partial charge < -0.3 is 16.4 Å². The van der Waals surface area contributed by atoms with Crippen LogP contribution in [0.25, 0.3) is 6.08 Å². The Bertz CT molecular complexity index is 1230. The zero-order valence-corrected chi connectivity index (χ0v) is 24.8. The van der Waals surface area contributed by atoms with E-state index in [4.69, 9.17) is 5.73 Å². The van der Waals surface area contributed by atoms with Crippen LogP contribution in [0.15, 0.2) is 73.2 Å². The van der Waals surface area contributed by atoms with Crippen LogP contribution in [0.1, 0.15) is 83.4 Å². The molecule has 1 unspecified atom stereocenters. The highest BCUT2D eigenvalue weighted by Crippen LogP contribution is 2.17. The molecule has 0 aliphatic heterocycles. The number of aryl methyl sites for hydroxylation is 2. The Kier molecular flexibility index (Phi) is 15.1. The Morgan fingerprint density at radius 2 is 1.71 bits per heavy atom. The van der Waals surface area contributed by atoms with Gasteiger partial charge in [-0.25, -0.2) is 4.39 Å². The molecule has 0 saturated heterocycles. The summed E-state index contributed by atoms with van der Waals surface area (Å²) in [4.78, 5) is 29.5. The maximum Gasteiger partial charge on any atom is 0.252 e. The first-order chi connectivity index (χ1) is 19.8. The third-order valence-electron chi connectivity index (χ3n) is 6.84. The normalized spacial score (nSPS) is 12.3. The number of benzene rings is 2. The summed E-state index contributed by atoms with van der Waals surface area (Å²) in [6, 6.07) is 15.5. The van der Waals surface area contributed by atoms with Gasteiger partial charge in [0.1, 0.15) is 5.82 Å². The van der Waals surface area contributed by atoms with E-state index in [0.717, 1.165) is 49.8 Å². The number of amides is 1. The highest BCUT2D eigenvalue weighted by molar-refractivity contribution is 5.98. The van der Waals surface area contributed by atoms with Crippen molar-refractivity contribution >= 4 is 17.8 Å². The average molecular weight is 561 g/mol. The van der Waals surface area contributed by atoms with Gasteiger partial charge in [-0.05, 0) is 112 Å². The third kappa shape index (κ3) is 12.1. The van der Waals surface area contributed by atoms with E-state index in [2.05, 4.69) is 22.5 Å². The van der Waals surface area contributed by atoms with Crippen molar-refractivity contribution in [2.24, 2.45) is 11.7 Å². The Labute approximate surface area is 244 Å². The molecule has 3 aromatic rings. The molecule has 0 bridgehead atoms. The van der Waals surface area contributed by atoms with Crippen LogP contribution in [0.5, 0.6) is 0 Å². The molecule has 0 spiro atoms. The van der Waals surface area contributed by atoms with E-state index in [9.17, 15) is 14.0 Å².